The minimum atomic E-state index is -0.921. The number of rotatable bonds is 3. The Hall–Kier alpha value is -1.39. The van der Waals surface area contributed by atoms with E-state index in [4.69, 9.17) is 0 Å². The third-order valence-corrected chi connectivity index (χ3v) is 4.85. The van der Waals surface area contributed by atoms with Gasteiger partial charge in [0.05, 0.1) is 6.54 Å². The van der Waals surface area contributed by atoms with Crippen molar-refractivity contribution in [3.63, 3.8) is 0 Å². The van der Waals surface area contributed by atoms with Gasteiger partial charge in [-0.2, -0.15) is 0 Å². The lowest BCUT2D eigenvalue weighted by Crippen LogP contribution is -2.97. The molecule has 3 nitrogen and oxygen atoms in total. The van der Waals surface area contributed by atoms with Gasteiger partial charge in [-0.05, 0) is 22.4 Å². The maximum absolute atomic E-state index is 11.4. The first-order valence-corrected chi connectivity index (χ1v) is 7.10. The molecule has 2 heterocycles. The minimum Gasteiger partial charge on any atom is -0.544 e. The van der Waals surface area contributed by atoms with Crippen LogP contribution in [0.25, 0.3) is 10.1 Å². The summed E-state index contributed by atoms with van der Waals surface area (Å²) < 4.78 is 1.22. The SMILES string of the molecule is O=C([O-])[C@@]1(Cc2csc3ccccc23)CCC[NH2+]1. The fourth-order valence-corrected chi connectivity index (χ4v) is 3.79. The highest BCUT2D eigenvalue weighted by Crippen LogP contribution is 2.29. The third kappa shape index (κ3) is 1.82. The summed E-state index contributed by atoms with van der Waals surface area (Å²) in [6.07, 6.45) is 2.23. The molecular weight excluding hydrogens is 246 g/mol. The van der Waals surface area contributed by atoms with E-state index in [1.54, 1.807) is 11.3 Å². The zero-order chi connectivity index (χ0) is 12.6. The van der Waals surface area contributed by atoms with Crippen LogP contribution in [0.2, 0.25) is 0 Å². The van der Waals surface area contributed by atoms with Crippen LogP contribution in [0.5, 0.6) is 0 Å². The minimum absolute atomic E-state index is 0.569. The number of aliphatic carboxylic acids is 1. The van der Waals surface area contributed by atoms with Crippen molar-refractivity contribution in [1.82, 2.24) is 0 Å². The number of carbonyl (C=O) groups excluding carboxylic acids is 1. The number of carboxylic acid groups (broad SMARTS) is 1. The largest absolute Gasteiger partial charge is 0.544 e. The van der Waals surface area contributed by atoms with Gasteiger partial charge in [0.1, 0.15) is 11.5 Å². The standard InChI is InChI=1S/C14H15NO2S/c16-13(17)14(6-3-7-15-14)8-10-9-18-12-5-2-1-4-11(10)12/h1-2,4-5,9,15H,3,6-8H2,(H,16,17)/t14-/m0/s1. The van der Waals surface area contributed by atoms with Gasteiger partial charge in [-0.1, -0.05) is 18.2 Å². The van der Waals surface area contributed by atoms with Gasteiger partial charge < -0.3 is 15.2 Å². The molecule has 3 rings (SSSR count). The number of fused-ring (bicyclic) bond motifs is 1. The summed E-state index contributed by atoms with van der Waals surface area (Å²) in [5.74, 6) is -0.921. The Morgan fingerprint density at radius 3 is 3.00 bits per heavy atom. The second-order valence-corrected chi connectivity index (χ2v) is 5.89. The Morgan fingerprint density at radius 1 is 1.44 bits per heavy atom. The van der Waals surface area contributed by atoms with Gasteiger partial charge in [-0.15, -0.1) is 11.3 Å². The summed E-state index contributed by atoms with van der Waals surface area (Å²) in [5.41, 5.74) is 0.391. The highest BCUT2D eigenvalue weighted by atomic mass is 32.1. The summed E-state index contributed by atoms with van der Waals surface area (Å²) in [6.45, 7) is 0.885. The van der Waals surface area contributed by atoms with Crippen LogP contribution in [-0.2, 0) is 11.2 Å². The van der Waals surface area contributed by atoms with Crippen molar-refractivity contribution in [2.24, 2.45) is 0 Å². The van der Waals surface area contributed by atoms with Crippen molar-refractivity contribution < 1.29 is 15.2 Å². The molecule has 0 spiro atoms. The van der Waals surface area contributed by atoms with Crippen LogP contribution < -0.4 is 10.4 Å². The van der Waals surface area contributed by atoms with Crippen molar-refractivity contribution in [3.05, 3.63) is 35.2 Å². The average Bonchev–Trinajstić information content (AvgIpc) is 2.99. The van der Waals surface area contributed by atoms with E-state index in [0.29, 0.717) is 12.8 Å². The topological polar surface area (TPSA) is 56.7 Å². The zero-order valence-corrected chi connectivity index (χ0v) is 10.8. The van der Waals surface area contributed by atoms with Crippen molar-refractivity contribution in [1.29, 1.82) is 0 Å². The van der Waals surface area contributed by atoms with Crippen molar-refractivity contribution >= 4 is 27.4 Å². The molecule has 1 atom stereocenters. The van der Waals surface area contributed by atoms with Crippen molar-refractivity contribution in [2.75, 3.05) is 6.54 Å². The zero-order valence-electron chi connectivity index (χ0n) is 10.0. The van der Waals surface area contributed by atoms with Gasteiger partial charge >= 0.3 is 0 Å². The quantitative estimate of drug-likeness (QED) is 0.863. The highest BCUT2D eigenvalue weighted by Gasteiger charge is 2.40. The molecule has 2 aromatic rings. The third-order valence-electron chi connectivity index (χ3n) is 3.84. The average molecular weight is 261 g/mol. The van der Waals surface area contributed by atoms with Gasteiger partial charge in [0.15, 0.2) is 0 Å². The molecule has 1 aromatic carbocycles. The molecule has 94 valence electrons. The Bertz CT molecular complexity index is 584. The molecular formula is C14H15NO2S. The monoisotopic (exact) mass is 261 g/mol. The van der Waals surface area contributed by atoms with E-state index in [-0.39, 0.29) is 0 Å². The summed E-state index contributed by atoms with van der Waals surface area (Å²) >= 11 is 1.68. The van der Waals surface area contributed by atoms with Gasteiger partial charge in [0, 0.05) is 24.0 Å². The first-order chi connectivity index (χ1) is 8.71. The predicted molar refractivity (Wildman–Crippen MR) is 69.3 cm³/mol. The van der Waals surface area contributed by atoms with Gasteiger partial charge in [-0.3, -0.25) is 0 Å². The number of hydrogen-bond donors (Lipinski definition) is 1. The number of benzene rings is 1. The maximum Gasteiger partial charge on any atom is 0.140 e. The van der Waals surface area contributed by atoms with Crippen molar-refractivity contribution in [3.8, 4) is 0 Å². The van der Waals surface area contributed by atoms with Crippen LogP contribution >= 0.6 is 11.3 Å². The lowest BCUT2D eigenvalue weighted by Gasteiger charge is -2.26. The van der Waals surface area contributed by atoms with E-state index in [1.807, 2.05) is 17.4 Å². The van der Waals surface area contributed by atoms with E-state index in [1.165, 1.54) is 10.1 Å². The fourth-order valence-electron chi connectivity index (χ4n) is 2.83. The molecule has 1 saturated heterocycles. The number of nitrogens with two attached hydrogens (primary N) is 1. The smallest absolute Gasteiger partial charge is 0.140 e. The Labute approximate surface area is 109 Å². The molecule has 0 amide bonds. The second kappa shape index (κ2) is 4.37. The molecule has 0 aliphatic carbocycles. The van der Waals surface area contributed by atoms with E-state index in [0.717, 1.165) is 18.5 Å². The first-order valence-electron chi connectivity index (χ1n) is 6.22. The molecule has 0 saturated carbocycles. The number of hydrogen-bond acceptors (Lipinski definition) is 3. The molecule has 1 fully saturated rings. The van der Waals surface area contributed by atoms with Gasteiger partial charge in [0.2, 0.25) is 0 Å². The number of thiophene rings is 1. The van der Waals surface area contributed by atoms with E-state index in [9.17, 15) is 9.90 Å². The Kier molecular flexibility index (Phi) is 2.84. The second-order valence-electron chi connectivity index (χ2n) is 4.97. The van der Waals surface area contributed by atoms with Crippen LogP contribution in [0.1, 0.15) is 18.4 Å². The highest BCUT2D eigenvalue weighted by molar-refractivity contribution is 7.17. The molecule has 1 aromatic heterocycles. The number of carbonyl (C=O) groups is 1. The molecule has 18 heavy (non-hydrogen) atoms. The van der Waals surface area contributed by atoms with Crippen LogP contribution in [0.3, 0.4) is 0 Å². The predicted octanol–water partition coefficient (Wildman–Crippen LogP) is 0.290. The summed E-state index contributed by atoms with van der Waals surface area (Å²) in [4.78, 5) is 11.4. The van der Waals surface area contributed by atoms with Crippen LogP contribution in [0.15, 0.2) is 29.6 Å². The lowest BCUT2D eigenvalue weighted by atomic mass is 9.89. The molecule has 0 radical (unpaired) electrons. The molecule has 2 N–H and O–H groups in total. The number of carboxylic acids is 1. The van der Waals surface area contributed by atoms with Crippen LogP contribution in [-0.4, -0.2) is 18.1 Å². The molecule has 0 unspecified atom stereocenters. The molecule has 0 bridgehead atoms. The maximum atomic E-state index is 11.4. The summed E-state index contributed by atoms with van der Waals surface area (Å²) in [7, 11) is 0. The summed E-state index contributed by atoms with van der Waals surface area (Å²) in [5, 5.41) is 16.7. The van der Waals surface area contributed by atoms with Gasteiger partial charge in [-0.25, -0.2) is 0 Å². The molecule has 1 aliphatic heterocycles. The van der Waals surface area contributed by atoms with Crippen LogP contribution in [0.4, 0.5) is 0 Å². The van der Waals surface area contributed by atoms with E-state index < -0.39 is 11.5 Å². The Balaban J connectivity index is 1.98. The fraction of sp³-hybridized carbons (Fsp3) is 0.357. The van der Waals surface area contributed by atoms with Crippen molar-refractivity contribution in [2.45, 2.75) is 24.8 Å². The van der Waals surface area contributed by atoms with Crippen LogP contribution in [0, 0.1) is 0 Å². The lowest BCUT2D eigenvalue weighted by molar-refractivity contribution is -0.700. The van der Waals surface area contributed by atoms with Gasteiger partial charge in [0.25, 0.3) is 0 Å². The number of quaternary nitrogens is 1. The molecule has 4 heteroatoms. The van der Waals surface area contributed by atoms with E-state index in [2.05, 4.69) is 17.5 Å². The molecule has 1 aliphatic rings. The summed E-state index contributed by atoms with van der Waals surface area (Å²) in [6, 6.07) is 8.16. The van der Waals surface area contributed by atoms with E-state index >= 15 is 0 Å². The first kappa shape index (κ1) is 11.7. The normalized spacial score (nSPS) is 23.6. The Morgan fingerprint density at radius 2 is 2.28 bits per heavy atom.